The van der Waals surface area contributed by atoms with Crippen LogP contribution in [0, 0.1) is 5.92 Å². The van der Waals surface area contributed by atoms with Gasteiger partial charge in [0.05, 0.1) is 18.7 Å². The highest BCUT2D eigenvalue weighted by Gasteiger charge is 2.61. The normalized spacial score (nSPS) is 26.3. The Kier molecular flexibility index (Phi) is 4.92. The van der Waals surface area contributed by atoms with Crippen LogP contribution in [0.15, 0.2) is 22.7 Å². The molecular formula is C20H17F5N4O4. The number of alkyl halides is 5. The van der Waals surface area contributed by atoms with Crippen molar-refractivity contribution in [3.8, 4) is 11.4 Å². The SMILES string of the molecule is O=C(N[C@H]1CCOC[C@@H]1N1Cc2ccc(-c3noc(C(F)(F)F)n3)cc2C1=O)[C@@H]1CC1(F)F. The number of hydrogen-bond acceptors (Lipinski definition) is 6. The lowest BCUT2D eigenvalue weighted by atomic mass is 10.0. The summed E-state index contributed by atoms with van der Waals surface area (Å²) >= 11 is 0. The molecule has 3 aliphatic rings. The molecule has 13 heteroatoms. The molecule has 1 N–H and O–H groups in total. The zero-order chi connectivity index (χ0) is 23.5. The highest BCUT2D eigenvalue weighted by molar-refractivity contribution is 5.99. The minimum absolute atomic E-state index is 0.110. The highest BCUT2D eigenvalue weighted by Crippen LogP contribution is 2.48. The molecule has 1 aliphatic carbocycles. The van der Waals surface area contributed by atoms with Crippen molar-refractivity contribution in [2.24, 2.45) is 5.92 Å². The zero-order valence-corrected chi connectivity index (χ0v) is 16.9. The van der Waals surface area contributed by atoms with Crippen LogP contribution in [0.4, 0.5) is 22.0 Å². The average molecular weight is 472 g/mol. The maximum absolute atomic E-state index is 13.3. The first kappa shape index (κ1) is 21.7. The Bertz CT molecular complexity index is 1120. The molecule has 0 radical (unpaired) electrons. The van der Waals surface area contributed by atoms with E-state index >= 15 is 0 Å². The molecule has 1 saturated carbocycles. The number of nitrogens with zero attached hydrogens (tertiary/aromatic N) is 3. The van der Waals surface area contributed by atoms with Gasteiger partial charge in [0.2, 0.25) is 11.7 Å². The minimum atomic E-state index is -4.79. The fourth-order valence-electron chi connectivity index (χ4n) is 4.17. The van der Waals surface area contributed by atoms with E-state index in [2.05, 4.69) is 20.0 Å². The summed E-state index contributed by atoms with van der Waals surface area (Å²) in [5, 5.41) is 5.96. The molecule has 2 amide bonds. The van der Waals surface area contributed by atoms with Crippen LogP contribution >= 0.6 is 0 Å². The second-order valence-corrected chi connectivity index (χ2v) is 8.29. The largest absolute Gasteiger partial charge is 0.471 e. The lowest BCUT2D eigenvalue weighted by Crippen LogP contribution is -2.57. The van der Waals surface area contributed by atoms with Gasteiger partial charge in [-0.2, -0.15) is 18.2 Å². The average Bonchev–Trinajstić information content (AvgIpc) is 3.09. The summed E-state index contributed by atoms with van der Waals surface area (Å²) in [6.07, 6.45) is -4.93. The summed E-state index contributed by atoms with van der Waals surface area (Å²) in [7, 11) is 0. The highest BCUT2D eigenvalue weighted by atomic mass is 19.4. The number of hydrogen-bond donors (Lipinski definition) is 1. The predicted octanol–water partition coefficient (Wildman–Crippen LogP) is 2.64. The third-order valence-electron chi connectivity index (χ3n) is 6.07. The summed E-state index contributed by atoms with van der Waals surface area (Å²) < 4.78 is 74.4. The van der Waals surface area contributed by atoms with Crippen molar-refractivity contribution >= 4 is 11.8 Å². The number of carbonyl (C=O) groups is 2. The monoisotopic (exact) mass is 472 g/mol. The van der Waals surface area contributed by atoms with Crippen molar-refractivity contribution in [2.45, 2.75) is 43.6 Å². The van der Waals surface area contributed by atoms with Gasteiger partial charge in [-0.25, -0.2) is 8.78 Å². The number of aromatic nitrogens is 2. The van der Waals surface area contributed by atoms with Crippen molar-refractivity contribution in [3.05, 3.63) is 35.2 Å². The molecule has 0 unspecified atom stereocenters. The molecule has 2 fully saturated rings. The molecule has 3 heterocycles. The van der Waals surface area contributed by atoms with Crippen LogP contribution in [-0.2, 0) is 22.3 Å². The van der Waals surface area contributed by atoms with Gasteiger partial charge in [-0.05, 0) is 18.1 Å². The molecule has 2 aromatic rings. The lowest BCUT2D eigenvalue weighted by molar-refractivity contribution is -0.159. The molecule has 0 spiro atoms. The molecule has 33 heavy (non-hydrogen) atoms. The number of rotatable bonds is 4. The van der Waals surface area contributed by atoms with Gasteiger partial charge in [-0.15, -0.1) is 0 Å². The molecule has 3 atom stereocenters. The quantitative estimate of drug-likeness (QED) is 0.688. The van der Waals surface area contributed by atoms with Gasteiger partial charge in [0.1, 0.15) is 5.92 Å². The summed E-state index contributed by atoms with van der Waals surface area (Å²) in [6.45, 7) is 0.591. The lowest BCUT2D eigenvalue weighted by Gasteiger charge is -2.38. The number of halogens is 5. The Labute approximate surface area is 183 Å². The number of amides is 2. The molecular weight excluding hydrogens is 455 g/mol. The molecule has 176 valence electrons. The minimum Gasteiger partial charge on any atom is -0.379 e. The van der Waals surface area contributed by atoms with E-state index in [-0.39, 0.29) is 30.1 Å². The van der Waals surface area contributed by atoms with Crippen LogP contribution in [-0.4, -0.2) is 58.1 Å². The topological polar surface area (TPSA) is 97.6 Å². The van der Waals surface area contributed by atoms with Gasteiger partial charge < -0.3 is 19.5 Å². The Balaban J connectivity index is 1.34. The van der Waals surface area contributed by atoms with Crippen LogP contribution in [0.2, 0.25) is 0 Å². The molecule has 2 aliphatic heterocycles. The van der Waals surface area contributed by atoms with Gasteiger partial charge in [0.25, 0.3) is 11.8 Å². The number of ether oxygens (including phenoxy) is 1. The van der Waals surface area contributed by atoms with E-state index in [0.29, 0.717) is 18.6 Å². The van der Waals surface area contributed by atoms with Crippen molar-refractivity contribution in [3.63, 3.8) is 0 Å². The van der Waals surface area contributed by atoms with E-state index in [1.807, 2.05) is 0 Å². The van der Waals surface area contributed by atoms with Gasteiger partial charge in [0.15, 0.2) is 0 Å². The Hall–Kier alpha value is -3.09. The van der Waals surface area contributed by atoms with E-state index in [0.717, 1.165) is 0 Å². The predicted molar refractivity (Wildman–Crippen MR) is 98.8 cm³/mol. The second-order valence-electron chi connectivity index (χ2n) is 8.29. The molecule has 1 aromatic heterocycles. The summed E-state index contributed by atoms with van der Waals surface area (Å²) in [5.41, 5.74) is 1.03. The second kappa shape index (κ2) is 7.47. The van der Waals surface area contributed by atoms with Crippen molar-refractivity contribution in [1.29, 1.82) is 0 Å². The molecule has 5 rings (SSSR count). The van der Waals surface area contributed by atoms with Crippen molar-refractivity contribution in [1.82, 2.24) is 20.4 Å². The van der Waals surface area contributed by atoms with Gasteiger partial charge in [-0.3, -0.25) is 9.59 Å². The fraction of sp³-hybridized carbons (Fsp3) is 0.500. The molecule has 8 nitrogen and oxygen atoms in total. The summed E-state index contributed by atoms with van der Waals surface area (Å²) in [4.78, 5) is 30.1. The van der Waals surface area contributed by atoms with Crippen molar-refractivity contribution in [2.75, 3.05) is 13.2 Å². The summed E-state index contributed by atoms with van der Waals surface area (Å²) in [6, 6.07) is 3.29. The first-order chi connectivity index (χ1) is 15.5. The van der Waals surface area contributed by atoms with Crippen LogP contribution in [0.5, 0.6) is 0 Å². The van der Waals surface area contributed by atoms with Crippen LogP contribution < -0.4 is 5.32 Å². The van der Waals surface area contributed by atoms with Crippen LogP contribution in [0.1, 0.15) is 34.7 Å². The number of benzene rings is 1. The van der Waals surface area contributed by atoms with Crippen molar-refractivity contribution < 1.29 is 40.8 Å². The van der Waals surface area contributed by atoms with E-state index in [1.165, 1.54) is 17.0 Å². The summed E-state index contributed by atoms with van der Waals surface area (Å²) in [5.74, 6) is -7.33. The molecule has 1 aromatic carbocycles. The van der Waals surface area contributed by atoms with Crippen LogP contribution in [0.3, 0.4) is 0 Å². The first-order valence-electron chi connectivity index (χ1n) is 10.2. The van der Waals surface area contributed by atoms with Gasteiger partial charge >= 0.3 is 12.1 Å². The van der Waals surface area contributed by atoms with E-state index in [9.17, 15) is 31.5 Å². The first-order valence-corrected chi connectivity index (χ1v) is 10.2. The molecule has 1 saturated heterocycles. The number of fused-ring (bicyclic) bond motifs is 1. The molecule has 0 bridgehead atoms. The van der Waals surface area contributed by atoms with E-state index in [4.69, 9.17) is 4.74 Å². The van der Waals surface area contributed by atoms with E-state index in [1.54, 1.807) is 6.07 Å². The van der Waals surface area contributed by atoms with E-state index < -0.39 is 54.2 Å². The Morgan fingerprint density at radius 1 is 1.27 bits per heavy atom. The van der Waals surface area contributed by atoms with Gasteiger partial charge in [0, 0.05) is 30.7 Å². The maximum atomic E-state index is 13.3. The number of nitrogens with one attached hydrogen (secondary N) is 1. The third kappa shape index (κ3) is 3.94. The standard InChI is InChI=1S/C20H17F5N4O4/c21-19(22)6-12(19)16(30)26-13-3-4-32-8-14(13)29-7-10-2-1-9(5-11(10)17(29)31)15-27-18(33-28-15)20(23,24)25/h1-2,5,12-14H,3-4,6-8H2,(H,26,30)/t12-,13-,14-/m0/s1. The smallest absolute Gasteiger partial charge is 0.379 e. The zero-order valence-electron chi connectivity index (χ0n) is 16.9. The number of carbonyl (C=O) groups excluding carboxylic acids is 2. The third-order valence-corrected chi connectivity index (χ3v) is 6.07. The van der Waals surface area contributed by atoms with Crippen LogP contribution in [0.25, 0.3) is 11.4 Å². The maximum Gasteiger partial charge on any atom is 0.471 e. The fourth-order valence-corrected chi connectivity index (χ4v) is 4.17. The Morgan fingerprint density at radius 3 is 2.70 bits per heavy atom. The Morgan fingerprint density at radius 2 is 2.03 bits per heavy atom. The van der Waals surface area contributed by atoms with Gasteiger partial charge in [-0.1, -0.05) is 17.3 Å².